The van der Waals surface area contributed by atoms with Crippen LogP contribution in [0.5, 0.6) is 0 Å². The van der Waals surface area contributed by atoms with E-state index in [1.54, 1.807) is 4.90 Å². The lowest BCUT2D eigenvalue weighted by atomic mass is 10.1. The summed E-state index contributed by atoms with van der Waals surface area (Å²) in [5.74, 6) is -1.08. The third-order valence-electron chi connectivity index (χ3n) is 3.57. The van der Waals surface area contributed by atoms with Crippen molar-refractivity contribution >= 4 is 11.9 Å². The highest BCUT2D eigenvalue weighted by atomic mass is 16.6. The van der Waals surface area contributed by atoms with Gasteiger partial charge in [-0.3, -0.25) is 9.59 Å². The van der Waals surface area contributed by atoms with Crippen molar-refractivity contribution in [1.29, 1.82) is 0 Å². The van der Waals surface area contributed by atoms with Crippen LogP contribution >= 0.6 is 0 Å². The molecule has 0 aliphatic carbocycles. The van der Waals surface area contributed by atoms with E-state index in [9.17, 15) is 9.59 Å². The van der Waals surface area contributed by atoms with E-state index in [-0.39, 0.29) is 31.5 Å². The van der Waals surface area contributed by atoms with Gasteiger partial charge in [0.1, 0.15) is 0 Å². The van der Waals surface area contributed by atoms with Crippen molar-refractivity contribution in [2.24, 2.45) is 0 Å². The van der Waals surface area contributed by atoms with E-state index in [1.165, 1.54) is 0 Å². The van der Waals surface area contributed by atoms with Gasteiger partial charge in [0.2, 0.25) is 0 Å². The number of amides is 1. The average Bonchev–Trinajstić information content (AvgIpc) is 2.49. The van der Waals surface area contributed by atoms with Crippen LogP contribution in [0, 0.1) is 0 Å². The second-order valence-electron chi connectivity index (χ2n) is 4.95. The van der Waals surface area contributed by atoms with Crippen molar-refractivity contribution in [3.05, 3.63) is 0 Å². The number of hydrogen-bond donors (Lipinski definition) is 1. The molecule has 1 unspecified atom stereocenters. The van der Waals surface area contributed by atoms with Crippen LogP contribution < -0.4 is 0 Å². The van der Waals surface area contributed by atoms with E-state index < -0.39 is 12.1 Å². The first-order valence-corrected chi connectivity index (χ1v) is 6.98. The molecule has 114 valence electrons. The standard InChI is InChI=1S/C13H21NO6/c15-12(16)1-4-14(10-2-5-18-6-3-10)13(17)11-9-19-7-8-20-11/h10-11H,1-9H2,(H,15,16). The summed E-state index contributed by atoms with van der Waals surface area (Å²) in [4.78, 5) is 24.9. The number of nitrogens with zero attached hydrogens (tertiary/aromatic N) is 1. The van der Waals surface area contributed by atoms with Crippen molar-refractivity contribution in [2.45, 2.75) is 31.4 Å². The van der Waals surface area contributed by atoms with Crippen molar-refractivity contribution < 1.29 is 28.9 Å². The topological polar surface area (TPSA) is 85.3 Å². The first-order chi connectivity index (χ1) is 9.68. The van der Waals surface area contributed by atoms with E-state index in [0.717, 1.165) is 12.8 Å². The zero-order valence-corrected chi connectivity index (χ0v) is 11.5. The van der Waals surface area contributed by atoms with Gasteiger partial charge in [-0.05, 0) is 12.8 Å². The van der Waals surface area contributed by atoms with Gasteiger partial charge in [0.15, 0.2) is 6.10 Å². The van der Waals surface area contributed by atoms with E-state index in [0.29, 0.717) is 26.4 Å². The maximum Gasteiger partial charge on any atom is 0.305 e. The Bertz CT molecular complexity index is 336. The minimum Gasteiger partial charge on any atom is -0.481 e. The molecule has 2 fully saturated rings. The summed E-state index contributed by atoms with van der Waals surface area (Å²) >= 11 is 0. The Morgan fingerprint density at radius 1 is 1.10 bits per heavy atom. The van der Waals surface area contributed by atoms with E-state index >= 15 is 0 Å². The quantitative estimate of drug-likeness (QED) is 0.759. The molecule has 0 aromatic heterocycles. The minimum absolute atomic E-state index is 0.0288. The summed E-state index contributed by atoms with van der Waals surface area (Å²) in [6.07, 6.45) is 0.801. The molecule has 2 aliphatic rings. The van der Waals surface area contributed by atoms with E-state index in [1.807, 2.05) is 0 Å². The molecule has 2 aliphatic heterocycles. The molecule has 2 saturated heterocycles. The number of rotatable bonds is 5. The number of aliphatic carboxylic acids is 1. The van der Waals surface area contributed by atoms with E-state index in [4.69, 9.17) is 19.3 Å². The Hall–Kier alpha value is -1.18. The average molecular weight is 287 g/mol. The normalized spacial score (nSPS) is 24.3. The number of carbonyl (C=O) groups excluding carboxylic acids is 1. The number of hydrogen-bond acceptors (Lipinski definition) is 5. The Balaban J connectivity index is 1.99. The van der Waals surface area contributed by atoms with Crippen LogP contribution in [-0.2, 0) is 23.8 Å². The molecule has 1 N–H and O–H groups in total. The fourth-order valence-corrected chi connectivity index (χ4v) is 2.50. The highest BCUT2D eigenvalue weighted by molar-refractivity contribution is 5.82. The summed E-state index contributed by atoms with van der Waals surface area (Å²) in [5, 5.41) is 8.83. The van der Waals surface area contributed by atoms with Crippen molar-refractivity contribution in [1.82, 2.24) is 4.90 Å². The Kier molecular flexibility index (Phi) is 5.75. The van der Waals surface area contributed by atoms with Gasteiger partial charge in [0.05, 0.1) is 26.2 Å². The third-order valence-corrected chi connectivity index (χ3v) is 3.57. The van der Waals surface area contributed by atoms with Gasteiger partial charge in [0, 0.05) is 25.8 Å². The largest absolute Gasteiger partial charge is 0.481 e. The maximum absolute atomic E-state index is 12.5. The molecule has 0 aromatic carbocycles. The fraction of sp³-hybridized carbons (Fsp3) is 0.846. The monoisotopic (exact) mass is 287 g/mol. The first-order valence-electron chi connectivity index (χ1n) is 6.98. The van der Waals surface area contributed by atoms with Gasteiger partial charge in [-0.2, -0.15) is 0 Å². The van der Waals surface area contributed by atoms with Crippen LogP contribution in [0.4, 0.5) is 0 Å². The minimum atomic E-state index is -0.907. The molecule has 2 heterocycles. The molecule has 20 heavy (non-hydrogen) atoms. The van der Waals surface area contributed by atoms with E-state index in [2.05, 4.69) is 0 Å². The number of carboxylic acid groups (broad SMARTS) is 1. The van der Waals surface area contributed by atoms with Gasteiger partial charge in [0.25, 0.3) is 5.91 Å². The first kappa shape index (κ1) is 15.2. The molecular weight excluding hydrogens is 266 g/mol. The number of ether oxygens (including phenoxy) is 3. The van der Waals surface area contributed by atoms with Crippen molar-refractivity contribution in [2.75, 3.05) is 39.6 Å². The molecule has 1 atom stereocenters. The Labute approximate surface area is 117 Å². The third kappa shape index (κ3) is 4.16. The van der Waals surface area contributed by atoms with Crippen LogP contribution in [0.1, 0.15) is 19.3 Å². The summed E-state index contributed by atoms with van der Waals surface area (Å²) in [7, 11) is 0. The second kappa shape index (κ2) is 7.56. The SMILES string of the molecule is O=C(O)CCN(C(=O)C1COCCO1)C1CCOCC1. The van der Waals surface area contributed by atoms with Gasteiger partial charge < -0.3 is 24.2 Å². The lowest BCUT2D eigenvalue weighted by Crippen LogP contribution is -2.51. The van der Waals surface area contributed by atoms with Gasteiger partial charge in [-0.1, -0.05) is 0 Å². The molecular formula is C13H21NO6. The molecule has 1 amide bonds. The molecule has 0 radical (unpaired) electrons. The molecule has 7 nitrogen and oxygen atoms in total. The molecule has 0 saturated carbocycles. The molecule has 0 bridgehead atoms. The van der Waals surface area contributed by atoms with Crippen LogP contribution in [0.3, 0.4) is 0 Å². The zero-order valence-electron chi connectivity index (χ0n) is 11.5. The predicted molar refractivity (Wildman–Crippen MR) is 68.4 cm³/mol. The summed E-state index contributed by atoms with van der Waals surface area (Å²) in [6, 6.07) is 0.0288. The lowest BCUT2D eigenvalue weighted by Gasteiger charge is -2.36. The fourth-order valence-electron chi connectivity index (χ4n) is 2.50. The van der Waals surface area contributed by atoms with Gasteiger partial charge in [-0.15, -0.1) is 0 Å². The van der Waals surface area contributed by atoms with Crippen molar-refractivity contribution in [3.63, 3.8) is 0 Å². The maximum atomic E-state index is 12.5. The number of carboxylic acids is 1. The second-order valence-corrected chi connectivity index (χ2v) is 4.95. The number of carbonyl (C=O) groups is 2. The van der Waals surface area contributed by atoms with Crippen molar-refractivity contribution in [3.8, 4) is 0 Å². The molecule has 0 spiro atoms. The highest BCUT2D eigenvalue weighted by Gasteiger charge is 2.32. The smallest absolute Gasteiger partial charge is 0.305 e. The summed E-state index contributed by atoms with van der Waals surface area (Å²) in [5.41, 5.74) is 0. The van der Waals surface area contributed by atoms with Crippen LogP contribution in [-0.4, -0.2) is 73.6 Å². The highest BCUT2D eigenvalue weighted by Crippen LogP contribution is 2.18. The van der Waals surface area contributed by atoms with Crippen LogP contribution in [0.2, 0.25) is 0 Å². The summed E-state index contributed by atoms with van der Waals surface area (Å²) < 4.78 is 16.0. The lowest BCUT2D eigenvalue weighted by molar-refractivity contribution is -0.162. The van der Waals surface area contributed by atoms with Gasteiger partial charge in [-0.25, -0.2) is 0 Å². The molecule has 7 heteroatoms. The van der Waals surface area contributed by atoms with Crippen LogP contribution in [0.25, 0.3) is 0 Å². The van der Waals surface area contributed by atoms with Gasteiger partial charge >= 0.3 is 5.97 Å². The predicted octanol–water partition coefficient (Wildman–Crippen LogP) is -0.116. The van der Waals surface area contributed by atoms with Crippen LogP contribution in [0.15, 0.2) is 0 Å². The molecule has 2 rings (SSSR count). The summed E-state index contributed by atoms with van der Waals surface area (Å²) in [6.45, 7) is 2.55. The Morgan fingerprint density at radius 3 is 2.45 bits per heavy atom. The molecule has 0 aromatic rings. The Morgan fingerprint density at radius 2 is 1.85 bits per heavy atom. The zero-order chi connectivity index (χ0) is 14.4.